The van der Waals surface area contributed by atoms with E-state index < -0.39 is 0 Å². The Labute approximate surface area is 97.7 Å². The van der Waals surface area contributed by atoms with Crippen molar-refractivity contribution < 1.29 is 4.79 Å². The van der Waals surface area contributed by atoms with Gasteiger partial charge in [0.15, 0.2) is 0 Å². The lowest BCUT2D eigenvalue weighted by Crippen LogP contribution is -2.12. The van der Waals surface area contributed by atoms with Crippen LogP contribution in [0.1, 0.15) is 0 Å². The van der Waals surface area contributed by atoms with Crippen LogP contribution >= 0.6 is 11.6 Å². The number of aromatic nitrogens is 2. The molecule has 0 aliphatic carbocycles. The molecule has 0 spiro atoms. The monoisotopic (exact) mass is 235 g/mol. The van der Waals surface area contributed by atoms with Crippen LogP contribution in [0.3, 0.4) is 0 Å². The molecule has 0 atom stereocenters. The van der Waals surface area contributed by atoms with E-state index in [0.29, 0.717) is 0 Å². The highest BCUT2D eigenvalue weighted by Crippen LogP contribution is 2.18. The third kappa shape index (κ3) is 2.41. The summed E-state index contributed by atoms with van der Waals surface area (Å²) in [6, 6.07) is 7.44. The number of anilines is 1. The summed E-state index contributed by atoms with van der Waals surface area (Å²) in [6.07, 6.45) is 3.37. The van der Waals surface area contributed by atoms with Gasteiger partial charge in [0.2, 0.25) is 5.91 Å². The Balaban J connectivity index is 2.14. The molecule has 2 aromatic rings. The van der Waals surface area contributed by atoms with Crippen molar-refractivity contribution in [2.75, 3.05) is 11.2 Å². The number of alkyl halides is 1. The van der Waals surface area contributed by atoms with Crippen LogP contribution in [0.2, 0.25) is 0 Å². The first-order chi connectivity index (χ1) is 7.79. The highest BCUT2D eigenvalue weighted by molar-refractivity contribution is 6.29. The van der Waals surface area contributed by atoms with E-state index in [1.165, 1.54) is 0 Å². The van der Waals surface area contributed by atoms with Crippen LogP contribution in [0.4, 0.5) is 5.69 Å². The first kappa shape index (κ1) is 10.7. The Morgan fingerprint density at radius 3 is 2.69 bits per heavy atom. The Hall–Kier alpha value is -1.81. The summed E-state index contributed by atoms with van der Waals surface area (Å²) < 4.78 is 0. The minimum absolute atomic E-state index is 0.0394. The summed E-state index contributed by atoms with van der Waals surface area (Å²) in [5, 5.41) is 2.67. The van der Waals surface area contributed by atoms with Gasteiger partial charge in [-0.3, -0.25) is 4.79 Å². The molecule has 0 radical (unpaired) electrons. The molecule has 0 aliphatic rings. The highest BCUT2D eigenvalue weighted by Gasteiger charge is 2.01. The normalized spacial score (nSPS) is 10.1. The van der Waals surface area contributed by atoms with Crippen molar-refractivity contribution in [3.63, 3.8) is 0 Å². The largest absolute Gasteiger partial charge is 0.345 e. The number of nitrogens with one attached hydrogen (secondary N) is 2. The molecular weight excluding hydrogens is 226 g/mol. The van der Waals surface area contributed by atoms with Crippen molar-refractivity contribution in [1.29, 1.82) is 0 Å². The van der Waals surface area contributed by atoms with Gasteiger partial charge in [0, 0.05) is 5.69 Å². The van der Waals surface area contributed by atoms with E-state index in [9.17, 15) is 4.79 Å². The SMILES string of the molecule is O=C(CCl)Nc1ccc(-c2cnc[nH]2)cc1. The van der Waals surface area contributed by atoms with Gasteiger partial charge >= 0.3 is 0 Å². The lowest BCUT2D eigenvalue weighted by atomic mass is 10.1. The number of carbonyl (C=O) groups is 1. The number of rotatable bonds is 3. The molecular formula is C11H10ClN3O. The van der Waals surface area contributed by atoms with Crippen LogP contribution in [-0.2, 0) is 4.79 Å². The topological polar surface area (TPSA) is 57.8 Å². The average Bonchev–Trinajstić information content (AvgIpc) is 2.83. The Kier molecular flexibility index (Phi) is 3.22. The van der Waals surface area contributed by atoms with Crippen LogP contribution in [0, 0.1) is 0 Å². The van der Waals surface area contributed by atoms with Crippen molar-refractivity contribution in [2.45, 2.75) is 0 Å². The summed E-state index contributed by atoms with van der Waals surface area (Å²) in [7, 11) is 0. The number of H-pyrrole nitrogens is 1. The molecule has 0 saturated heterocycles. The zero-order valence-corrected chi connectivity index (χ0v) is 9.16. The lowest BCUT2D eigenvalue weighted by Gasteiger charge is -2.03. The number of nitrogens with zero attached hydrogens (tertiary/aromatic N) is 1. The van der Waals surface area contributed by atoms with Gasteiger partial charge in [-0.25, -0.2) is 4.98 Å². The molecule has 1 aromatic heterocycles. The molecule has 5 heteroatoms. The average molecular weight is 236 g/mol. The van der Waals surface area contributed by atoms with Gasteiger partial charge in [0.1, 0.15) is 5.88 Å². The number of amides is 1. The summed E-state index contributed by atoms with van der Waals surface area (Å²) >= 11 is 5.39. The van der Waals surface area contributed by atoms with E-state index in [-0.39, 0.29) is 11.8 Å². The number of benzene rings is 1. The zero-order valence-electron chi connectivity index (χ0n) is 8.40. The second-order valence-electron chi connectivity index (χ2n) is 3.22. The second-order valence-corrected chi connectivity index (χ2v) is 3.49. The third-order valence-electron chi connectivity index (χ3n) is 2.10. The number of imidazole rings is 1. The zero-order chi connectivity index (χ0) is 11.4. The van der Waals surface area contributed by atoms with E-state index >= 15 is 0 Å². The highest BCUT2D eigenvalue weighted by atomic mass is 35.5. The standard InChI is InChI=1S/C11H10ClN3O/c12-5-11(16)15-9-3-1-8(2-4-9)10-6-13-7-14-10/h1-4,6-7H,5H2,(H,13,14)(H,15,16). The van der Waals surface area contributed by atoms with Crippen molar-refractivity contribution in [2.24, 2.45) is 0 Å². The summed E-state index contributed by atoms with van der Waals surface area (Å²) in [5.74, 6) is -0.251. The van der Waals surface area contributed by atoms with Gasteiger partial charge in [-0.15, -0.1) is 11.6 Å². The number of halogens is 1. The molecule has 0 bridgehead atoms. The maximum atomic E-state index is 11.0. The van der Waals surface area contributed by atoms with E-state index in [4.69, 9.17) is 11.6 Å². The quantitative estimate of drug-likeness (QED) is 0.802. The van der Waals surface area contributed by atoms with E-state index in [2.05, 4.69) is 15.3 Å². The predicted molar refractivity (Wildman–Crippen MR) is 63.4 cm³/mol. The first-order valence-electron chi connectivity index (χ1n) is 4.74. The molecule has 16 heavy (non-hydrogen) atoms. The fraction of sp³-hybridized carbons (Fsp3) is 0.0909. The van der Waals surface area contributed by atoms with E-state index in [0.717, 1.165) is 16.9 Å². The van der Waals surface area contributed by atoms with Gasteiger partial charge in [-0.2, -0.15) is 0 Å². The molecule has 0 aliphatic heterocycles. The van der Waals surface area contributed by atoms with Gasteiger partial charge in [0.05, 0.1) is 18.2 Å². The maximum Gasteiger partial charge on any atom is 0.239 e. The second kappa shape index (κ2) is 4.81. The van der Waals surface area contributed by atoms with Crippen molar-refractivity contribution in [3.05, 3.63) is 36.8 Å². The number of aromatic amines is 1. The van der Waals surface area contributed by atoms with E-state index in [1.807, 2.05) is 24.3 Å². The summed E-state index contributed by atoms with van der Waals surface area (Å²) in [4.78, 5) is 18.0. The molecule has 1 aromatic carbocycles. The third-order valence-corrected chi connectivity index (χ3v) is 2.34. The molecule has 0 saturated carbocycles. The predicted octanol–water partition coefficient (Wildman–Crippen LogP) is 2.25. The maximum absolute atomic E-state index is 11.0. The minimum Gasteiger partial charge on any atom is -0.345 e. The van der Waals surface area contributed by atoms with Crippen molar-refractivity contribution in [3.8, 4) is 11.3 Å². The molecule has 4 nitrogen and oxygen atoms in total. The molecule has 1 amide bonds. The number of hydrogen-bond acceptors (Lipinski definition) is 2. The van der Waals surface area contributed by atoms with Crippen LogP contribution < -0.4 is 5.32 Å². The van der Waals surface area contributed by atoms with Crippen LogP contribution in [0.15, 0.2) is 36.8 Å². The summed E-state index contributed by atoms with van der Waals surface area (Å²) in [6.45, 7) is 0. The fourth-order valence-electron chi connectivity index (χ4n) is 1.34. The lowest BCUT2D eigenvalue weighted by molar-refractivity contribution is -0.113. The number of hydrogen-bond donors (Lipinski definition) is 2. The Morgan fingerprint density at radius 2 is 2.12 bits per heavy atom. The molecule has 82 valence electrons. The van der Waals surface area contributed by atoms with Gasteiger partial charge < -0.3 is 10.3 Å². The summed E-state index contributed by atoms with van der Waals surface area (Å²) in [5.41, 5.74) is 2.69. The Bertz CT molecular complexity index is 464. The smallest absolute Gasteiger partial charge is 0.239 e. The molecule has 0 unspecified atom stereocenters. The Morgan fingerprint density at radius 1 is 1.38 bits per heavy atom. The minimum atomic E-state index is -0.212. The fourth-order valence-corrected chi connectivity index (χ4v) is 1.41. The molecule has 1 heterocycles. The molecule has 2 rings (SSSR count). The van der Waals surface area contributed by atoms with Crippen LogP contribution in [0.5, 0.6) is 0 Å². The first-order valence-corrected chi connectivity index (χ1v) is 5.27. The van der Waals surface area contributed by atoms with E-state index in [1.54, 1.807) is 12.5 Å². The molecule has 2 N–H and O–H groups in total. The van der Waals surface area contributed by atoms with Gasteiger partial charge in [-0.1, -0.05) is 12.1 Å². The van der Waals surface area contributed by atoms with Crippen molar-refractivity contribution in [1.82, 2.24) is 9.97 Å². The number of carbonyl (C=O) groups excluding carboxylic acids is 1. The molecule has 0 fully saturated rings. The van der Waals surface area contributed by atoms with Crippen LogP contribution in [0.25, 0.3) is 11.3 Å². The van der Waals surface area contributed by atoms with Crippen LogP contribution in [-0.4, -0.2) is 21.8 Å². The van der Waals surface area contributed by atoms with Gasteiger partial charge in [0.25, 0.3) is 0 Å². The van der Waals surface area contributed by atoms with Gasteiger partial charge in [-0.05, 0) is 17.7 Å². The van der Waals surface area contributed by atoms with Crippen molar-refractivity contribution >= 4 is 23.2 Å².